The molecule has 2 rings (SSSR count). The van der Waals surface area contributed by atoms with Crippen LogP contribution in [-0.4, -0.2) is 19.3 Å². The zero-order valence-electron chi connectivity index (χ0n) is 13.7. The van der Waals surface area contributed by atoms with Crippen molar-refractivity contribution in [3.8, 4) is 6.07 Å². The summed E-state index contributed by atoms with van der Waals surface area (Å²) in [5, 5.41) is 9.51. The molecule has 0 aliphatic carbocycles. The van der Waals surface area contributed by atoms with Gasteiger partial charge in [-0.1, -0.05) is 20.8 Å². The number of hydrogen-bond donors (Lipinski definition) is 1. The van der Waals surface area contributed by atoms with Crippen LogP contribution in [0.3, 0.4) is 0 Å². The lowest BCUT2D eigenvalue weighted by molar-refractivity contribution is 0.0984. The second kappa shape index (κ2) is 6.34. The van der Waals surface area contributed by atoms with E-state index in [0.29, 0.717) is 11.3 Å². The van der Waals surface area contributed by atoms with E-state index in [1.54, 1.807) is 6.92 Å². The number of sulfonamides is 1. The first-order valence-electron chi connectivity index (χ1n) is 7.10. The average Bonchev–Trinajstić information content (AvgIpc) is 2.89. The van der Waals surface area contributed by atoms with Crippen molar-refractivity contribution in [1.82, 2.24) is 9.71 Å². The molecule has 0 radical (unpaired) electrons. The Labute approximate surface area is 145 Å². The molecule has 0 fully saturated rings. The first kappa shape index (κ1) is 18.1. The highest BCUT2D eigenvalue weighted by atomic mass is 32.2. The number of benzene rings is 1. The molecular formula is C16H17N3O3S2. The number of hydrogen-bond acceptors (Lipinski definition) is 6. The molecule has 1 amide bonds. The second-order valence-electron chi connectivity index (χ2n) is 6.25. The van der Waals surface area contributed by atoms with Gasteiger partial charge in [0.15, 0.2) is 0 Å². The Balaban J connectivity index is 2.28. The summed E-state index contributed by atoms with van der Waals surface area (Å²) in [6.45, 7) is 7.59. The normalized spacial score (nSPS) is 11.8. The number of carbonyl (C=O) groups is 1. The van der Waals surface area contributed by atoms with Crippen LogP contribution in [0.25, 0.3) is 0 Å². The van der Waals surface area contributed by atoms with E-state index < -0.39 is 15.9 Å². The number of thiazole rings is 1. The number of carbonyl (C=O) groups excluding carboxylic acids is 1. The zero-order valence-corrected chi connectivity index (χ0v) is 15.4. The number of amides is 1. The van der Waals surface area contributed by atoms with E-state index in [9.17, 15) is 13.2 Å². The van der Waals surface area contributed by atoms with E-state index >= 15 is 0 Å². The Morgan fingerprint density at radius 3 is 2.29 bits per heavy atom. The van der Waals surface area contributed by atoms with E-state index in [-0.39, 0.29) is 15.2 Å². The van der Waals surface area contributed by atoms with Gasteiger partial charge in [-0.2, -0.15) is 5.26 Å². The lowest BCUT2D eigenvalue weighted by atomic mass is 9.98. The summed E-state index contributed by atoms with van der Waals surface area (Å²) in [5.74, 6) is -0.704. The molecule has 1 aromatic carbocycles. The summed E-state index contributed by atoms with van der Waals surface area (Å²) >= 11 is 1.19. The number of nitriles is 1. The Bertz CT molecular complexity index is 915. The molecule has 0 aliphatic rings. The fraction of sp³-hybridized carbons (Fsp3) is 0.312. The molecule has 2 aromatic rings. The maximum Gasteiger partial charge on any atom is 0.276 e. The van der Waals surface area contributed by atoms with E-state index in [1.165, 1.54) is 35.6 Å². The van der Waals surface area contributed by atoms with Gasteiger partial charge in [-0.25, -0.2) is 18.1 Å². The molecule has 8 heteroatoms. The van der Waals surface area contributed by atoms with Crippen molar-refractivity contribution in [2.24, 2.45) is 0 Å². The minimum Gasteiger partial charge on any atom is -0.267 e. The maximum atomic E-state index is 12.3. The van der Waals surface area contributed by atoms with Crippen molar-refractivity contribution in [3.05, 3.63) is 45.4 Å². The monoisotopic (exact) mass is 363 g/mol. The SMILES string of the molecule is Cc1nc(C(C)(C)C)sc1C(=O)NS(=O)(=O)c1ccc(C#N)cc1. The summed E-state index contributed by atoms with van der Waals surface area (Å²) in [4.78, 5) is 16.9. The van der Waals surface area contributed by atoms with Crippen LogP contribution in [-0.2, 0) is 15.4 Å². The summed E-state index contributed by atoms with van der Waals surface area (Å²) in [5.41, 5.74) is 0.616. The van der Waals surface area contributed by atoms with Crippen LogP contribution in [0.2, 0.25) is 0 Å². The Kier molecular flexibility index (Phi) is 4.78. The summed E-state index contributed by atoms with van der Waals surface area (Å²) < 4.78 is 26.7. The van der Waals surface area contributed by atoms with Gasteiger partial charge in [0.05, 0.1) is 27.2 Å². The van der Waals surface area contributed by atoms with E-state index in [2.05, 4.69) is 9.71 Å². The van der Waals surface area contributed by atoms with Crippen LogP contribution in [0.5, 0.6) is 0 Å². The van der Waals surface area contributed by atoms with Gasteiger partial charge in [-0.3, -0.25) is 4.79 Å². The third-order valence-electron chi connectivity index (χ3n) is 3.17. The largest absolute Gasteiger partial charge is 0.276 e. The van der Waals surface area contributed by atoms with Gasteiger partial charge >= 0.3 is 0 Å². The van der Waals surface area contributed by atoms with Crippen LogP contribution in [0.1, 0.15) is 46.7 Å². The van der Waals surface area contributed by atoms with Gasteiger partial charge in [0.1, 0.15) is 4.88 Å². The van der Waals surface area contributed by atoms with Crippen molar-refractivity contribution in [2.75, 3.05) is 0 Å². The molecule has 0 saturated carbocycles. The summed E-state index contributed by atoms with van der Waals surface area (Å²) in [6, 6.07) is 7.25. The molecule has 0 saturated heterocycles. The molecule has 0 unspecified atom stereocenters. The number of aromatic nitrogens is 1. The van der Waals surface area contributed by atoms with Crippen LogP contribution >= 0.6 is 11.3 Å². The predicted octanol–water partition coefficient (Wildman–Crippen LogP) is 2.74. The van der Waals surface area contributed by atoms with E-state index in [0.717, 1.165) is 5.01 Å². The highest BCUT2D eigenvalue weighted by molar-refractivity contribution is 7.90. The topological polar surface area (TPSA) is 99.9 Å². The highest BCUT2D eigenvalue weighted by Gasteiger charge is 2.26. The molecule has 1 N–H and O–H groups in total. The van der Waals surface area contributed by atoms with Crippen molar-refractivity contribution in [1.29, 1.82) is 5.26 Å². The number of rotatable bonds is 3. The number of nitrogens with zero attached hydrogens (tertiary/aromatic N) is 2. The Morgan fingerprint density at radius 2 is 1.83 bits per heavy atom. The van der Waals surface area contributed by atoms with Crippen molar-refractivity contribution < 1.29 is 13.2 Å². The molecule has 1 aromatic heterocycles. The molecule has 126 valence electrons. The van der Waals surface area contributed by atoms with Gasteiger partial charge in [-0.05, 0) is 31.2 Å². The number of nitrogens with one attached hydrogen (secondary N) is 1. The minimum atomic E-state index is -4.01. The molecule has 24 heavy (non-hydrogen) atoms. The standard InChI is InChI=1S/C16H17N3O3S2/c1-10-13(23-15(18-10)16(2,3)4)14(20)19-24(21,22)12-7-5-11(9-17)6-8-12/h5-8H,1-4H3,(H,19,20). The van der Waals surface area contributed by atoms with Crippen LogP contribution < -0.4 is 4.72 Å². The Hall–Kier alpha value is -2.24. The first-order chi connectivity index (χ1) is 11.0. The maximum absolute atomic E-state index is 12.3. The molecule has 0 aliphatic heterocycles. The van der Waals surface area contributed by atoms with Gasteiger partial charge in [-0.15, -0.1) is 11.3 Å². The number of aryl methyl sites for hydroxylation is 1. The molecule has 0 atom stereocenters. The van der Waals surface area contributed by atoms with Crippen molar-refractivity contribution in [2.45, 2.75) is 38.0 Å². The fourth-order valence-corrected chi connectivity index (χ4v) is 3.91. The van der Waals surface area contributed by atoms with Crippen molar-refractivity contribution in [3.63, 3.8) is 0 Å². The fourth-order valence-electron chi connectivity index (χ4n) is 1.86. The van der Waals surface area contributed by atoms with Gasteiger partial charge < -0.3 is 0 Å². The smallest absolute Gasteiger partial charge is 0.267 e. The average molecular weight is 363 g/mol. The van der Waals surface area contributed by atoms with Crippen LogP contribution in [0.15, 0.2) is 29.2 Å². The van der Waals surface area contributed by atoms with Gasteiger partial charge in [0, 0.05) is 5.41 Å². The second-order valence-corrected chi connectivity index (χ2v) is 8.94. The molecular weight excluding hydrogens is 346 g/mol. The minimum absolute atomic E-state index is 0.0759. The third-order valence-corrected chi connectivity index (χ3v) is 6.09. The van der Waals surface area contributed by atoms with Crippen LogP contribution in [0, 0.1) is 18.3 Å². The lowest BCUT2D eigenvalue weighted by Crippen LogP contribution is -2.30. The first-order valence-corrected chi connectivity index (χ1v) is 9.40. The molecule has 0 spiro atoms. The lowest BCUT2D eigenvalue weighted by Gasteiger charge is -2.13. The van der Waals surface area contributed by atoms with E-state index in [1.807, 2.05) is 26.8 Å². The predicted molar refractivity (Wildman–Crippen MR) is 91.4 cm³/mol. The van der Waals surface area contributed by atoms with E-state index in [4.69, 9.17) is 5.26 Å². The Morgan fingerprint density at radius 1 is 1.25 bits per heavy atom. The quantitative estimate of drug-likeness (QED) is 0.904. The summed E-state index contributed by atoms with van der Waals surface area (Å²) in [7, 11) is -4.01. The van der Waals surface area contributed by atoms with Crippen molar-refractivity contribution >= 4 is 27.3 Å². The highest BCUT2D eigenvalue weighted by Crippen LogP contribution is 2.29. The van der Waals surface area contributed by atoms with Crippen LogP contribution in [0.4, 0.5) is 0 Å². The van der Waals surface area contributed by atoms with Gasteiger partial charge in [0.25, 0.3) is 15.9 Å². The molecule has 6 nitrogen and oxygen atoms in total. The zero-order chi connectivity index (χ0) is 18.1. The molecule has 1 heterocycles. The third kappa shape index (κ3) is 3.80. The van der Waals surface area contributed by atoms with Gasteiger partial charge in [0.2, 0.25) is 0 Å². The summed E-state index contributed by atoms with van der Waals surface area (Å²) in [6.07, 6.45) is 0. The molecule has 0 bridgehead atoms.